The standard InChI is InChI=1S/C26H36ClNO6S/c1-17(2)10-11-20-25(3,34-20)23-22(32-4)19(33-24(30)28-21(29)14-27)12-13-26(23,31)16-35-15-18-8-6-5-7-9-18/h5-10,19-20,22-23,31H,11-16H2,1-4H3,(H,28,29,30). The van der Waals surface area contributed by atoms with E-state index in [-0.39, 0.29) is 12.0 Å². The Balaban J connectivity index is 1.79. The molecule has 9 heteroatoms. The first-order chi connectivity index (χ1) is 16.6. The van der Waals surface area contributed by atoms with E-state index in [4.69, 9.17) is 25.8 Å². The molecule has 1 heterocycles. The van der Waals surface area contributed by atoms with Crippen molar-refractivity contribution in [3.8, 4) is 0 Å². The Morgan fingerprint density at radius 1 is 1.31 bits per heavy atom. The van der Waals surface area contributed by atoms with Crippen LogP contribution in [0.25, 0.3) is 0 Å². The van der Waals surface area contributed by atoms with Crippen molar-refractivity contribution in [3.63, 3.8) is 0 Å². The lowest BCUT2D eigenvalue weighted by atomic mass is 9.66. The third-order valence-corrected chi connectivity index (χ3v) is 8.31. The number of ether oxygens (including phenoxy) is 3. The zero-order chi connectivity index (χ0) is 25.6. The molecule has 2 N–H and O–H groups in total. The summed E-state index contributed by atoms with van der Waals surface area (Å²) in [6.45, 7) is 6.08. The summed E-state index contributed by atoms with van der Waals surface area (Å²) in [4.78, 5) is 23.8. The van der Waals surface area contributed by atoms with Crippen LogP contribution in [0.2, 0.25) is 0 Å². The molecule has 194 valence electrons. The lowest BCUT2D eigenvalue weighted by Crippen LogP contribution is -2.61. The second-order valence-corrected chi connectivity index (χ2v) is 11.0. The van der Waals surface area contributed by atoms with Crippen LogP contribution in [0.3, 0.4) is 0 Å². The molecule has 0 radical (unpaired) electrons. The Labute approximate surface area is 216 Å². The van der Waals surface area contributed by atoms with E-state index in [1.54, 1.807) is 18.9 Å². The number of alkyl carbamates (subject to hydrolysis) is 1. The van der Waals surface area contributed by atoms with Crippen LogP contribution in [0.4, 0.5) is 4.79 Å². The second-order valence-electron chi connectivity index (χ2n) is 9.73. The highest BCUT2D eigenvalue weighted by Gasteiger charge is 2.67. The SMILES string of the molecule is COC1C(OC(=O)NC(=O)CCl)CCC(O)(CSCc2ccccc2)C1C1(C)OC1CC=C(C)C. The Hall–Kier alpha value is -1.58. The predicted octanol–water partition coefficient (Wildman–Crippen LogP) is 4.45. The summed E-state index contributed by atoms with van der Waals surface area (Å²) in [6, 6.07) is 10.1. The number of amides is 2. The number of nitrogens with one attached hydrogen (secondary N) is 1. The second kappa shape index (κ2) is 12.1. The average molecular weight is 526 g/mol. The van der Waals surface area contributed by atoms with Gasteiger partial charge in [0, 0.05) is 24.5 Å². The largest absolute Gasteiger partial charge is 0.443 e. The number of allylic oxidation sites excluding steroid dienone is 1. The number of epoxide rings is 1. The van der Waals surface area contributed by atoms with Crippen molar-refractivity contribution < 1.29 is 28.9 Å². The van der Waals surface area contributed by atoms with Gasteiger partial charge in [-0.25, -0.2) is 4.79 Å². The topological polar surface area (TPSA) is 97.4 Å². The van der Waals surface area contributed by atoms with Crippen LogP contribution in [0.15, 0.2) is 42.0 Å². The third kappa shape index (κ3) is 7.01. The molecule has 1 saturated carbocycles. The fraction of sp³-hybridized carbons (Fsp3) is 0.615. The molecular formula is C26H36ClNO6S. The molecule has 1 aromatic rings. The molecule has 2 amide bonds. The number of benzene rings is 1. The fourth-order valence-electron chi connectivity index (χ4n) is 5.07. The predicted molar refractivity (Wildman–Crippen MR) is 138 cm³/mol. The lowest BCUT2D eigenvalue weighted by molar-refractivity contribution is -0.170. The van der Waals surface area contributed by atoms with E-state index in [0.717, 1.165) is 12.2 Å². The third-order valence-electron chi connectivity index (χ3n) is 6.83. The maximum atomic E-state index is 12.3. The molecule has 6 unspecified atom stereocenters. The molecule has 6 atom stereocenters. The van der Waals surface area contributed by atoms with Crippen LogP contribution in [0.5, 0.6) is 0 Å². The van der Waals surface area contributed by atoms with E-state index >= 15 is 0 Å². The van der Waals surface area contributed by atoms with Gasteiger partial charge in [-0.05, 0) is 45.6 Å². The summed E-state index contributed by atoms with van der Waals surface area (Å²) in [7, 11) is 1.55. The zero-order valence-electron chi connectivity index (χ0n) is 20.8. The van der Waals surface area contributed by atoms with Crippen molar-refractivity contribution in [2.75, 3.05) is 18.7 Å². The van der Waals surface area contributed by atoms with Crippen molar-refractivity contribution >= 4 is 35.4 Å². The molecule has 1 aliphatic carbocycles. The van der Waals surface area contributed by atoms with Crippen LogP contribution in [-0.4, -0.2) is 65.4 Å². The van der Waals surface area contributed by atoms with Gasteiger partial charge in [0.15, 0.2) is 0 Å². The van der Waals surface area contributed by atoms with Gasteiger partial charge in [0.1, 0.15) is 23.7 Å². The van der Waals surface area contributed by atoms with E-state index in [1.165, 1.54) is 11.1 Å². The first-order valence-corrected chi connectivity index (χ1v) is 13.6. The van der Waals surface area contributed by atoms with Gasteiger partial charge in [-0.3, -0.25) is 10.1 Å². The minimum Gasteiger partial charge on any atom is -0.443 e. The van der Waals surface area contributed by atoms with Crippen molar-refractivity contribution in [2.45, 2.75) is 75.3 Å². The Morgan fingerprint density at radius 3 is 2.66 bits per heavy atom. The van der Waals surface area contributed by atoms with E-state index in [1.807, 2.05) is 39.0 Å². The van der Waals surface area contributed by atoms with Crippen LogP contribution >= 0.6 is 23.4 Å². The summed E-state index contributed by atoms with van der Waals surface area (Å²) >= 11 is 7.15. The van der Waals surface area contributed by atoms with Crippen molar-refractivity contribution in [1.82, 2.24) is 5.32 Å². The van der Waals surface area contributed by atoms with E-state index in [2.05, 4.69) is 23.5 Å². The number of carbonyl (C=O) groups excluding carboxylic acids is 2. The van der Waals surface area contributed by atoms with Crippen LogP contribution in [-0.2, 0) is 24.8 Å². The van der Waals surface area contributed by atoms with Crippen LogP contribution in [0.1, 0.15) is 45.6 Å². The van der Waals surface area contributed by atoms with Crippen molar-refractivity contribution in [2.24, 2.45) is 5.92 Å². The molecular weight excluding hydrogens is 490 g/mol. The highest BCUT2D eigenvalue weighted by atomic mass is 35.5. The van der Waals surface area contributed by atoms with E-state index in [9.17, 15) is 14.7 Å². The number of methoxy groups -OCH3 is 1. The fourth-order valence-corrected chi connectivity index (χ4v) is 6.35. The zero-order valence-corrected chi connectivity index (χ0v) is 22.4. The molecule has 7 nitrogen and oxygen atoms in total. The molecule has 1 saturated heterocycles. The summed E-state index contributed by atoms with van der Waals surface area (Å²) in [6.07, 6.45) is 1.48. The quantitative estimate of drug-likeness (QED) is 0.264. The monoisotopic (exact) mass is 525 g/mol. The Kier molecular flexibility index (Phi) is 9.68. The van der Waals surface area contributed by atoms with Gasteiger partial charge in [0.05, 0.1) is 11.7 Å². The number of hydrogen-bond acceptors (Lipinski definition) is 7. The van der Waals surface area contributed by atoms with E-state index in [0.29, 0.717) is 18.6 Å². The maximum absolute atomic E-state index is 12.3. The highest BCUT2D eigenvalue weighted by molar-refractivity contribution is 7.98. The summed E-state index contributed by atoms with van der Waals surface area (Å²) in [5, 5.41) is 14.1. The number of aliphatic hydroxyl groups is 1. The molecule has 35 heavy (non-hydrogen) atoms. The van der Waals surface area contributed by atoms with Crippen molar-refractivity contribution in [3.05, 3.63) is 47.5 Å². The number of thioether (sulfide) groups is 1. The van der Waals surface area contributed by atoms with Gasteiger partial charge >= 0.3 is 6.09 Å². The average Bonchev–Trinajstić information content (AvgIpc) is 3.49. The molecule has 0 bridgehead atoms. The number of alkyl halides is 1. The van der Waals surface area contributed by atoms with Gasteiger partial charge in [0.2, 0.25) is 5.91 Å². The maximum Gasteiger partial charge on any atom is 0.414 e. The number of carbonyl (C=O) groups is 2. The van der Waals surface area contributed by atoms with Crippen LogP contribution in [0, 0.1) is 5.92 Å². The van der Waals surface area contributed by atoms with Gasteiger partial charge in [-0.1, -0.05) is 42.0 Å². The number of rotatable bonds is 10. The van der Waals surface area contributed by atoms with Gasteiger partial charge < -0.3 is 19.3 Å². The minimum atomic E-state index is -1.09. The Morgan fingerprint density at radius 2 is 2.03 bits per heavy atom. The molecule has 2 fully saturated rings. The molecule has 0 spiro atoms. The van der Waals surface area contributed by atoms with Crippen molar-refractivity contribution in [1.29, 1.82) is 0 Å². The summed E-state index contributed by atoms with van der Waals surface area (Å²) < 4.78 is 17.6. The molecule has 3 rings (SSSR count). The first kappa shape index (κ1) is 28.0. The summed E-state index contributed by atoms with van der Waals surface area (Å²) in [5.41, 5.74) is 0.662. The van der Waals surface area contributed by atoms with Gasteiger partial charge in [0.25, 0.3) is 0 Å². The number of imide groups is 1. The minimum absolute atomic E-state index is 0.0731. The normalized spacial score (nSPS) is 31.9. The molecule has 1 aliphatic heterocycles. The van der Waals surface area contributed by atoms with E-state index < -0.39 is 41.3 Å². The van der Waals surface area contributed by atoms with Gasteiger partial charge in [-0.2, -0.15) is 11.8 Å². The Bertz CT molecular complexity index is 910. The number of halogens is 1. The highest BCUT2D eigenvalue weighted by Crippen LogP contribution is 2.55. The smallest absolute Gasteiger partial charge is 0.414 e. The molecule has 2 aliphatic rings. The molecule has 0 aromatic heterocycles. The molecule has 1 aromatic carbocycles. The number of hydrogen-bond donors (Lipinski definition) is 2. The lowest BCUT2D eigenvalue weighted by Gasteiger charge is -2.49. The van der Waals surface area contributed by atoms with Crippen LogP contribution < -0.4 is 5.32 Å². The summed E-state index contributed by atoms with van der Waals surface area (Å²) in [5.74, 6) is -0.147. The first-order valence-electron chi connectivity index (χ1n) is 11.9. The van der Waals surface area contributed by atoms with Gasteiger partial charge in [-0.15, -0.1) is 11.6 Å².